The van der Waals surface area contributed by atoms with Crippen LogP contribution in [0.4, 0.5) is 5.69 Å². The third kappa shape index (κ3) is 4.60. The van der Waals surface area contributed by atoms with E-state index in [2.05, 4.69) is 19.2 Å². The van der Waals surface area contributed by atoms with Crippen LogP contribution in [0.25, 0.3) is 11.3 Å². The number of rotatable bonds is 7. The highest BCUT2D eigenvalue weighted by Gasteiger charge is 2.12. The number of nitrogens with one attached hydrogen (secondary N) is 1. The van der Waals surface area contributed by atoms with Gasteiger partial charge in [0, 0.05) is 12.1 Å². The summed E-state index contributed by atoms with van der Waals surface area (Å²) in [7, 11) is 1.58. The lowest BCUT2D eigenvalue weighted by molar-refractivity contribution is -0.116. The molecule has 0 aliphatic heterocycles. The van der Waals surface area contributed by atoms with E-state index in [1.54, 1.807) is 31.4 Å². The summed E-state index contributed by atoms with van der Waals surface area (Å²) in [5, 5.41) is 12.0. The van der Waals surface area contributed by atoms with E-state index in [0.717, 1.165) is 12.0 Å². The summed E-state index contributed by atoms with van der Waals surface area (Å²) in [6.45, 7) is 4.02. The third-order valence-corrected chi connectivity index (χ3v) is 3.51. The highest BCUT2D eigenvalue weighted by Crippen LogP contribution is 2.33. The van der Waals surface area contributed by atoms with Gasteiger partial charge >= 0.3 is 0 Å². The molecule has 0 fully saturated rings. The number of methoxy groups -OCH3 is 1. The van der Waals surface area contributed by atoms with Crippen LogP contribution >= 0.6 is 0 Å². The molecule has 5 nitrogen and oxygen atoms in total. The van der Waals surface area contributed by atoms with Crippen molar-refractivity contribution in [3.8, 4) is 17.1 Å². The molecule has 0 saturated carbocycles. The molecule has 2 aromatic rings. The Kier molecular flexibility index (Phi) is 5.82. The lowest BCUT2D eigenvalue weighted by atomic mass is 10.1. The average Bonchev–Trinajstić information content (AvgIpc) is 3.02. The van der Waals surface area contributed by atoms with Crippen molar-refractivity contribution in [2.45, 2.75) is 33.3 Å². The van der Waals surface area contributed by atoms with E-state index in [9.17, 15) is 4.79 Å². The van der Waals surface area contributed by atoms with Crippen molar-refractivity contribution in [1.29, 1.82) is 0 Å². The zero-order valence-corrected chi connectivity index (χ0v) is 13.8. The standard InChI is InChI=1S/C18H23NO4/c1-12(2)4-9-18(21)19-13-5-7-16(22-3)15(10-13)17-8-6-14(11-20)23-17/h5-8,10,12,20H,4,9,11H2,1-3H3,(H,19,21). The van der Waals surface area contributed by atoms with Crippen molar-refractivity contribution in [3.05, 3.63) is 36.1 Å². The Morgan fingerprint density at radius 1 is 1.30 bits per heavy atom. The largest absolute Gasteiger partial charge is 0.496 e. The van der Waals surface area contributed by atoms with Crippen LogP contribution in [0.3, 0.4) is 0 Å². The highest BCUT2D eigenvalue weighted by molar-refractivity contribution is 5.91. The Morgan fingerprint density at radius 2 is 2.09 bits per heavy atom. The Balaban J connectivity index is 2.20. The lowest BCUT2D eigenvalue weighted by Crippen LogP contribution is -2.12. The molecule has 5 heteroatoms. The first-order valence-corrected chi connectivity index (χ1v) is 7.71. The van der Waals surface area contributed by atoms with Crippen molar-refractivity contribution in [1.82, 2.24) is 0 Å². The first kappa shape index (κ1) is 17.1. The SMILES string of the molecule is COc1ccc(NC(=O)CCC(C)C)cc1-c1ccc(CO)o1. The van der Waals surface area contributed by atoms with Crippen molar-refractivity contribution < 1.29 is 19.1 Å². The van der Waals surface area contributed by atoms with Crippen LogP contribution in [-0.2, 0) is 11.4 Å². The molecule has 0 bridgehead atoms. The molecule has 1 amide bonds. The Morgan fingerprint density at radius 3 is 2.70 bits per heavy atom. The minimum Gasteiger partial charge on any atom is -0.496 e. The van der Waals surface area contributed by atoms with Gasteiger partial charge in [-0.15, -0.1) is 0 Å². The molecule has 2 rings (SSSR count). The fourth-order valence-corrected chi connectivity index (χ4v) is 2.23. The van der Waals surface area contributed by atoms with Crippen molar-refractivity contribution >= 4 is 11.6 Å². The van der Waals surface area contributed by atoms with Gasteiger partial charge in [-0.25, -0.2) is 0 Å². The average molecular weight is 317 g/mol. The summed E-state index contributed by atoms with van der Waals surface area (Å²) < 4.78 is 10.9. The van der Waals surface area contributed by atoms with Crippen LogP contribution in [0.15, 0.2) is 34.7 Å². The molecular weight excluding hydrogens is 294 g/mol. The van der Waals surface area contributed by atoms with Crippen molar-refractivity contribution in [2.24, 2.45) is 5.92 Å². The van der Waals surface area contributed by atoms with Gasteiger partial charge in [0.25, 0.3) is 0 Å². The molecule has 0 spiro atoms. The molecule has 1 aromatic carbocycles. The molecular formula is C18H23NO4. The second-order valence-corrected chi connectivity index (χ2v) is 5.82. The second kappa shape index (κ2) is 7.83. The molecule has 2 N–H and O–H groups in total. The monoisotopic (exact) mass is 317 g/mol. The number of aliphatic hydroxyl groups is 1. The van der Waals surface area contributed by atoms with E-state index in [4.69, 9.17) is 14.3 Å². The fraction of sp³-hybridized carbons (Fsp3) is 0.389. The van der Waals surface area contributed by atoms with Crippen LogP contribution in [0, 0.1) is 5.92 Å². The van der Waals surface area contributed by atoms with Crippen LogP contribution in [0.2, 0.25) is 0 Å². The third-order valence-electron chi connectivity index (χ3n) is 3.51. The van der Waals surface area contributed by atoms with Crippen LogP contribution in [0.1, 0.15) is 32.4 Å². The molecule has 0 atom stereocenters. The Labute approximate surface area is 136 Å². The molecule has 1 aromatic heterocycles. The molecule has 0 unspecified atom stereocenters. The number of furan rings is 1. The quantitative estimate of drug-likeness (QED) is 0.814. The maximum atomic E-state index is 12.0. The van der Waals surface area contributed by atoms with E-state index in [0.29, 0.717) is 35.3 Å². The van der Waals surface area contributed by atoms with E-state index in [-0.39, 0.29) is 12.5 Å². The number of amides is 1. The molecule has 0 saturated heterocycles. The topological polar surface area (TPSA) is 71.7 Å². The number of carbonyl (C=O) groups excluding carboxylic acids is 1. The number of carbonyl (C=O) groups is 1. The summed E-state index contributed by atoms with van der Waals surface area (Å²) in [6, 6.07) is 8.88. The summed E-state index contributed by atoms with van der Waals surface area (Å²) in [4.78, 5) is 12.0. The number of aliphatic hydroxyl groups excluding tert-OH is 1. The molecule has 23 heavy (non-hydrogen) atoms. The van der Waals surface area contributed by atoms with Crippen molar-refractivity contribution in [2.75, 3.05) is 12.4 Å². The summed E-state index contributed by atoms with van der Waals surface area (Å²) in [6.07, 6.45) is 1.35. The lowest BCUT2D eigenvalue weighted by Gasteiger charge is -2.11. The van der Waals surface area contributed by atoms with E-state index in [1.807, 2.05) is 6.07 Å². The second-order valence-electron chi connectivity index (χ2n) is 5.82. The number of anilines is 1. The predicted octanol–water partition coefficient (Wildman–Crippen LogP) is 3.82. The molecule has 0 aliphatic rings. The van der Waals surface area contributed by atoms with Gasteiger partial charge < -0.3 is 19.6 Å². The zero-order valence-electron chi connectivity index (χ0n) is 13.8. The van der Waals surface area contributed by atoms with Gasteiger partial charge in [0.05, 0.1) is 12.7 Å². The Bertz CT molecular complexity index is 661. The van der Waals surface area contributed by atoms with Crippen LogP contribution in [-0.4, -0.2) is 18.1 Å². The van der Waals surface area contributed by atoms with Crippen LogP contribution < -0.4 is 10.1 Å². The number of ether oxygens (including phenoxy) is 1. The predicted molar refractivity (Wildman–Crippen MR) is 89.3 cm³/mol. The molecule has 0 aliphatic carbocycles. The van der Waals surface area contributed by atoms with Crippen LogP contribution in [0.5, 0.6) is 5.75 Å². The van der Waals surface area contributed by atoms with E-state index < -0.39 is 0 Å². The van der Waals surface area contributed by atoms with Gasteiger partial charge in [-0.2, -0.15) is 0 Å². The minimum atomic E-state index is -0.159. The summed E-state index contributed by atoms with van der Waals surface area (Å²) in [5.41, 5.74) is 1.42. The summed E-state index contributed by atoms with van der Waals surface area (Å²) in [5.74, 6) is 2.19. The van der Waals surface area contributed by atoms with Gasteiger partial charge in [-0.3, -0.25) is 4.79 Å². The number of hydrogen-bond donors (Lipinski definition) is 2. The highest BCUT2D eigenvalue weighted by atomic mass is 16.5. The number of benzene rings is 1. The number of hydrogen-bond acceptors (Lipinski definition) is 4. The van der Waals surface area contributed by atoms with Gasteiger partial charge in [-0.1, -0.05) is 13.8 Å². The van der Waals surface area contributed by atoms with Crippen molar-refractivity contribution in [3.63, 3.8) is 0 Å². The summed E-state index contributed by atoms with van der Waals surface area (Å²) >= 11 is 0. The van der Waals surface area contributed by atoms with Gasteiger partial charge in [-0.05, 0) is 42.7 Å². The first-order valence-electron chi connectivity index (χ1n) is 7.71. The van der Waals surface area contributed by atoms with E-state index >= 15 is 0 Å². The zero-order chi connectivity index (χ0) is 16.8. The molecule has 124 valence electrons. The van der Waals surface area contributed by atoms with Gasteiger partial charge in [0.2, 0.25) is 5.91 Å². The fourth-order valence-electron chi connectivity index (χ4n) is 2.23. The Hall–Kier alpha value is -2.27. The minimum absolute atomic E-state index is 0.00897. The maximum Gasteiger partial charge on any atom is 0.224 e. The smallest absolute Gasteiger partial charge is 0.224 e. The van der Waals surface area contributed by atoms with Gasteiger partial charge in [0.1, 0.15) is 23.9 Å². The first-order chi connectivity index (χ1) is 11.0. The molecule has 0 radical (unpaired) electrons. The normalized spacial score (nSPS) is 10.8. The van der Waals surface area contributed by atoms with E-state index in [1.165, 1.54) is 0 Å². The van der Waals surface area contributed by atoms with Gasteiger partial charge in [0.15, 0.2) is 0 Å². The maximum absolute atomic E-state index is 12.0. The molecule has 1 heterocycles.